The van der Waals surface area contributed by atoms with Crippen molar-refractivity contribution in [2.24, 2.45) is 0 Å². The van der Waals surface area contributed by atoms with E-state index in [2.05, 4.69) is 5.32 Å². The molecule has 2 aromatic carbocycles. The first kappa shape index (κ1) is 32.1. The second kappa shape index (κ2) is 11.3. The first-order chi connectivity index (χ1) is 21.0. The number of amides is 4. The highest BCUT2D eigenvalue weighted by atomic mass is 19.4. The van der Waals surface area contributed by atoms with Crippen LogP contribution in [0.1, 0.15) is 37.0 Å². The van der Waals surface area contributed by atoms with Crippen LogP contribution in [0.4, 0.5) is 36.8 Å². The van der Waals surface area contributed by atoms with Crippen molar-refractivity contribution in [3.63, 3.8) is 0 Å². The maximum Gasteiger partial charge on any atom is 0.430 e. The van der Waals surface area contributed by atoms with Crippen molar-refractivity contribution in [1.29, 1.82) is 0 Å². The average molecular weight is 641 g/mol. The van der Waals surface area contributed by atoms with Gasteiger partial charge < -0.3 is 24.6 Å². The number of aliphatic hydroxyl groups is 1. The molecular weight excluding hydrogens is 610 g/mol. The molecule has 1 unspecified atom stereocenters. The van der Waals surface area contributed by atoms with Crippen LogP contribution in [0.25, 0.3) is 11.0 Å². The normalized spacial score (nSPS) is 19.9. The molecule has 0 spiro atoms. The number of fused-ring (bicyclic) bond motifs is 1. The zero-order valence-corrected chi connectivity index (χ0v) is 24.3. The summed E-state index contributed by atoms with van der Waals surface area (Å²) in [6.45, 7) is 3.36. The van der Waals surface area contributed by atoms with E-state index >= 15 is 0 Å². The van der Waals surface area contributed by atoms with E-state index in [0.717, 1.165) is 22.4 Å². The highest BCUT2D eigenvalue weighted by Crippen LogP contribution is 2.50. The lowest BCUT2D eigenvalue weighted by atomic mass is 9.89. The lowest BCUT2D eigenvalue weighted by Gasteiger charge is -2.38. The van der Waals surface area contributed by atoms with Gasteiger partial charge in [-0.2, -0.15) is 26.3 Å². The molecule has 0 radical (unpaired) electrons. The Labute approximate surface area is 253 Å². The van der Waals surface area contributed by atoms with Gasteiger partial charge in [0.2, 0.25) is 5.91 Å². The van der Waals surface area contributed by atoms with Crippen molar-refractivity contribution in [2.75, 3.05) is 37.6 Å². The Balaban J connectivity index is 1.27. The molecule has 1 atom stereocenters. The van der Waals surface area contributed by atoms with Crippen molar-refractivity contribution >= 4 is 34.5 Å². The Morgan fingerprint density at radius 1 is 0.978 bits per heavy atom. The number of aryl methyl sites for hydroxylation is 1. The number of benzene rings is 2. The van der Waals surface area contributed by atoms with Crippen LogP contribution in [0.3, 0.4) is 0 Å². The Morgan fingerprint density at radius 3 is 2.27 bits per heavy atom. The molecule has 2 fully saturated rings. The number of nitrogens with zero attached hydrogens (tertiary/aromatic N) is 3. The number of urea groups is 1. The Morgan fingerprint density at radius 2 is 1.64 bits per heavy atom. The maximum atomic E-state index is 13.5. The highest BCUT2D eigenvalue weighted by Gasteiger charge is 2.71. The maximum absolute atomic E-state index is 13.5. The summed E-state index contributed by atoms with van der Waals surface area (Å²) in [5.41, 5.74) is -6.08. The minimum absolute atomic E-state index is 0.124. The summed E-state index contributed by atoms with van der Waals surface area (Å²) in [4.78, 5) is 43.3. The number of alkyl halides is 6. The fraction of sp³-hybridized carbons (Fsp3) is 0.433. The molecule has 0 aliphatic carbocycles. The van der Waals surface area contributed by atoms with Gasteiger partial charge in [0.15, 0.2) is 0 Å². The summed E-state index contributed by atoms with van der Waals surface area (Å²) in [5.74, 6) is -1.11. The molecule has 0 saturated carbocycles. The zero-order valence-electron chi connectivity index (χ0n) is 24.3. The van der Waals surface area contributed by atoms with Crippen LogP contribution in [0.15, 0.2) is 53.1 Å². The molecule has 3 heterocycles. The van der Waals surface area contributed by atoms with E-state index in [1.54, 1.807) is 43.0 Å². The second-order valence-electron chi connectivity index (χ2n) is 11.3. The number of anilines is 1. The van der Waals surface area contributed by atoms with Gasteiger partial charge in [-0.05, 0) is 48.7 Å². The average Bonchev–Trinajstić information content (AvgIpc) is 3.54. The summed E-state index contributed by atoms with van der Waals surface area (Å²) >= 11 is 0. The molecule has 2 N–H and O–H groups in total. The van der Waals surface area contributed by atoms with Crippen LogP contribution in [0.5, 0.6) is 0 Å². The standard InChI is InChI=1S/C30H30F6N4O5/c1-3-4-18-15-21(28(44,29(31,32)33)30(34,35)36)5-7-22(18)38-10-12-39(13-11-38)24(41)17-40-25(42)27(2,37-26(40)43)20-6-8-23-19(16-20)9-14-45-23/h5-9,14-16,44H,3-4,10-13,17H2,1-2H3,(H,37,43). The lowest BCUT2D eigenvalue weighted by Crippen LogP contribution is -2.54. The third-order valence-corrected chi connectivity index (χ3v) is 8.41. The topological polar surface area (TPSA) is 106 Å². The number of hydrogen-bond donors (Lipinski definition) is 2. The molecule has 9 nitrogen and oxygen atoms in total. The Kier molecular flexibility index (Phi) is 8.05. The lowest BCUT2D eigenvalue weighted by molar-refractivity contribution is -0.376. The second-order valence-corrected chi connectivity index (χ2v) is 11.3. The predicted molar refractivity (Wildman–Crippen MR) is 149 cm³/mol. The van der Waals surface area contributed by atoms with Gasteiger partial charge in [0.05, 0.1) is 6.26 Å². The van der Waals surface area contributed by atoms with E-state index < -0.39 is 53.4 Å². The van der Waals surface area contributed by atoms with Crippen LogP contribution in [-0.2, 0) is 27.1 Å². The van der Waals surface area contributed by atoms with Crippen LogP contribution in [0, 0.1) is 0 Å². The third kappa shape index (κ3) is 5.47. The van der Waals surface area contributed by atoms with Crippen molar-refractivity contribution in [2.45, 2.75) is 50.2 Å². The molecule has 15 heteroatoms. The minimum Gasteiger partial charge on any atom is -0.464 e. The summed E-state index contributed by atoms with van der Waals surface area (Å²) in [5, 5.41) is 13.3. The van der Waals surface area contributed by atoms with Gasteiger partial charge >= 0.3 is 18.4 Å². The SMILES string of the molecule is CCCc1cc(C(O)(C(F)(F)F)C(F)(F)F)ccc1N1CCN(C(=O)CN2C(=O)NC(C)(c3ccc4occc4c3)C2=O)CC1. The van der Waals surface area contributed by atoms with Gasteiger partial charge in [-0.3, -0.25) is 14.5 Å². The van der Waals surface area contributed by atoms with Gasteiger partial charge in [-0.15, -0.1) is 0 Å². The van der Waals surface area contributed by atoms with E-state index in [0.29, 0.717) is 29.3 Å². The van der Waals surface area contributed by atoms with Crippen molar-refractivity contribution in [3.8, 4) is 0 Å². The number of carbonyl (C=O) groups excluding carboxylic acids is 3. The molecule has 45 heavy (non-hydrogen) atoms. The van der Waals surface area contributed by atoms with Gasteiger partial charge in [-0.1, -0.05) is 31.5 Å². The number of rotatable bonds is 7. The predicted octanol–water partition coefficient (Wildman–Crippen LogP) is 4.81. The molecule has 5 rings (SSSR count). The number of hydrogen-bond acceptors (Lipinski definition) is 6. The van der Waals surface area contributed by atoms with Crippen molar-refractivity contribution in [3.05, 3.63) is 65.4 Å². The number of imide groups is 1. The minimum atomic E-state index is -6.00. The monoisotopic (exact) mass is 640 g/mol. The van der Waals surface area contributed by atoms with E-state index in [-0.39, 0.29) is 38.2 Å². The summed E-state index contributed by atoms with van der Waals surface area (Å²) < 4.78 is 86.2. The van der Waals surface area contributed by atoms with Gasteiger partial charge in [0.1, 0.15) is 17.7 Å². The number of piperazine rings is 1. The van der Waals surface area contributed by atoms with E-state index in [1.807, 2.05) is 0 Å². The summed E-state index contributed by atoms with van der Waals surface area (Å²) in [6, 6.07) is 8.50. The largest absolute Gasteiger partial charge is 0.464 e. The van der Waals surface area contributed by atoms with Gasteiger partial charge in [0.25, 0.3) is 11.5 Å². The molecule has 4 amide bonds. The number of carbonyl (C=O) groups is 3. The van der Waals surface area contributed by atoms with E-state index in [1.165, 1.54) is 11.2 Å². The quantitative estimate of drug-likeness (QED) is 0.284. The zero-order chi connectivity index (χ0) is 32.9. The smallest absolute Gasteiger partial charge is 0.430 e. The van der Waals surface area contributed by atoms with Crippen LogP contribution < -0.4 is 10.2 Å². The summed E-state index contributed by atoms with van der Waals surface area (Å²) in [6.07, 6.45) is -9.95. The number of furan rings is 1. The fourth-order valence-electron chi connectivity index (χ4n) is 5.82. The van der Waals surface area contributed by atoms with Gasteiger partial charge in [0, 0.05) is 42.8 Å². The Bertz CT molecular complexity index is 1610. The molecule has 2 aliphatic heterocycles. The summed E-state index contributed by atoms with van der Waals surface area (Å²) in [7, 11) is 0. The van der Waals surface area contributed by atoms with Crippen molar-refractivity contribution < 1.29 is 50.2 Å². The molecule has 242 valence electrons. The van der Waals surface area contributed by atoms with Crippen LogP contribution in [-0.4, -0.2) is 77.8 Å². The third-order valence-electron chi connectivity index (χ3n) is 8.41. The molecule has 0 bridgehead atoms. The molecule has 2 aliphatic rings. The van der Waals surface area contributed by atoms with Crippen LogP contribution in [0.2, 0.25) is 0 Å². The fourth-order valence-corrected chi connectivity index (χ4v) is 5.82. The Hall–Kier alpha value is -4.27. The van der Waals surface area contributed by atoms with Gasteiger partial charge in [-0.25, -0.2) is 4.79 Å². The van der Waals surface area contributed by atoms with Crippen LogP contribution >= 0.6 is 0 Å². The molecule has 3 aromatic rings. The molecule has 2 saturated heterocycles. The first-order valence-electron chi connectivity index (χ1n) is 14.1. The van der Waals surface area contributed by atoms with E-state index in [4.69, 9.17) is 4.42 Å². The number of halogens is 6. The first-order valence-corrected chi connectivity index (χ1v) is 14.1. The molecule has 1 aromatic heterocycles. The number of nitrogens with one attached hydrogen (secondary N) is 1. The molecular formula is C30H30F6N4O5. The van der Waals surface area contributed by atoms with Crippen molar-refractivity contribution in [1.82, 2.24) is 15.1 Å². The highest BCUT2D eigenvalue weighted by molar-refractivity contribution is 6.09. The van der Waals surface area contributed by atoms with E-state index in [9.17, 15) is 45.8 Å².